The second-order valence-electron chi connectivity index (χ2n) is 4.80. The number of aromatic nitrogens is 1. The second-order valence-corrected chi connectivity index (χ2v) is 7.91. The first-order valence-electron chi connectivity index (χ1n) is 6.43. The van der Waals surface area contributed by atoms with Gasteiger partial charge in [-0.1, -0.05) is 13.3 Å². The van der Waals surface area contributed by atoms with Crippen molar-refractivity contribution in [3.05, 3.63) is 16.1 Å². The number of sulfonamides is 1. The van der Waals surface area contributed by atoms with Crippen molar-refractivity contribution < 1.29 is 8.42 Å². The van der Waals surface area contributed by atoms with Crippen LogP contribution in [0.4, 0.5) is 0 Å². The molecule has 1 heterocycles. The summed E-state index contributed by atoms with van der Waals surface area (Å²) in [6.07, 6.45) is 3.64. The van der Waals surface area contributed by atoms with Gasteiger partial charge in [0.2, 0.25) is 10.0 Å². The lowest BCUT2D eigenvalue weighted by molar-refractivity contribution is 0.394. The third-order valence-corrected chi connectivity index (χ3v) is 5.82. The fourth-order valence-corrected chi connectivity index (χ4v) is 4.39. The zero-order chi connectivity index (χ0) is 13.2. The third-order valence-electron chi connectivity index (χ3n) is 3.05. The van der Waals surface area contributed by atoms with E-state index in [0.717, 1.165) is 36.4 Å². The Morgan fingerprint density at radius 1 is 1.50 bits per heavy atom. The van der Waals surface area contributed by atoms with Crippen LogP contribution in [0.25, 0.3) is 0 Å². The standard InChI is InChI=1S/C12H20N2O2S2/c1-3-4-7-18(15,16)14(12-5-6-12)8-11-9-17-10(2)13-11/h9,12H,3-8H2,1-2H3. The predicted octanol–water partition coefficient (Wildman–Crippen LogP) is 2.55. The SMILES string of the molecule is CCCCS(=O)(=O)N(Cc1csc(C)n1)C1CC1. The van der Waals surface area contributed by atoms with Gasteiger partial charge in [0.15, 0.2) is 0 Å². The molecule has 0 amide bonds. The number of thiazole rings is 1. The molecular weight excluding hydrogens is 268 g/mol. The maximum Gasteiger partial charge on any atom is 0.214 e. The molecule has 0 unspecified atom stereocenters. The number of nitrogens with zero attached hydrogens (tertiary/aromatic N) is 2. The zero-order valence-corrected chi connectivity index (χ0v) is 12.6. The Bertz CT molecular complexity index is 492. The first-order valence-corrected chi connectivity index (χ1v) is 8.92. The van der Waals surface area contributed by atoms with E-state index >= 15 is 0 Å². The van der Waals surface area contributed by atoms with Crippen molar-refractivity contribution in [2.75, 3.05) is 5.75 Å². The molecule has 0 saturated heterocycles. The average molecular weight is 288 g/mol. The van der Waals surface area contributed by atoms with Crippen molar-refractivity contribution in [1.82, 2.24) is 9.29 Å². The Balaban J connectivity index is 2.08. The molecule has 0 N–H and O–H groups in total. The Hall–Kier alpha value is -0.460. The fourth-order valence-electron chi connectivity index (χ4n) is 1.90. The molecule has 1 aliphatic rings. The van der Waals surface area contributed by atoms with E-state index in [2.05, 4.69) is 4.98 Å². The predicted molar refractivity (Wildman–Crippen MR) is 74.1 cm³/mol. The van der Waals surface area contributed by atoms with Crippen LogP contribution in [0.15, 0.2) is 5.38 Å². The normalized spacial score (nSPS) is 16.4. The van der Waals surface area contributed by atoms with Crippen LogP contribution in [-0.4, -0.2) is 29.5 Å². The number of hydrogen-bond donors (Lipinski definition) is 0. The summed E-state index contributed by atoms with van der Waals surface area (Å²) in [5, 5.41) is 2.95. The highest BCUT2D eigenvalue weighted by Gasteiger charge is 2.37. The molecule has 4 nitrogen and oxygen atoms in total. The molecule has 1 saturated carbocycles. The Morgan fingerprint density at radius 2 is 2.22 bits per heavy atom. The van der Waals surface area contributed by atoms with E-state index in [9.17, 15) is 8.42 Å². The summed E-state index contributed by atoms with van der Waals surface area (Å²) in [6, 6.07) is 0.217. The molecule has 0 atom stereocenters. The zero-order valence-electron chi connectivity index (χ0n) is 10.9. The van der Waals surface area contributed by atoms with E-state index in [4.69, 9.17) is 0 Å². The van der Waals surface area contributed by atoms with Crippen LogP contribution in [0, 0.1) is 6.92 Å². The van der Waals surface area contributed by atoms with E-state index < -0.39 is 10.0 Å². The first kappa shape index (κ1) is 14.0. The van der Waals surface area contributed by atoms with E-state index in [1.807, 2.05) is 19.2 Å². The molecule has 1 aliphatic carbocycles. The molecule has 0 radical (unpaired) electrons. The molecule has 102 valence electrons. The summed E-state index contributed by atoms with van der Waals surface area (Å²) in [6.45, 7) is 4.41. The van der Waals surface area contributed by atoms with E-state index in [1.54, 1.807) is 15.6 Å². The van der Waals surface area contributed by atoms with Gasteiger partial charge in [0.1, 0.15) is 0 Å². The van der Waals surface area contributed by atoms with Gasteiger partial charge in [0, 0.05) is 11.4 Å². The molecule has 0 aliphatic heterocycles. The lowest BCUT2D eigenvalue weighted by atomic mass is 10.4. The maximum absolute atomic E-state index is 12.3. The minimum atomic E-state index is -3.11. The second kappa shape index (κ2) is 5.67. The van der Waals surface area contributed by atoms with Gasteiger partial charge in [-0.15, -0.1) is 11.3 Å². The van der Waals surface area contributed by atoms with Crippen molar-refractivity contribution in [1.29, 1.82) is 0 Å². The molecule has 0 aromatic carbocycles. The lowest BCUT2D eigenvalue weighted by Gasteiger charge is -2.20. The molecule has 1 aromatic heterocycles. The summed E-state index contributed by atoms with van der Waals surface area (Å²) < 4.78 is 26.2. The van der Waals surface area contributed by atoms with Crippen molar-refractivity contribution in [2.24, 2.45) is 0 Å². The van der Waals surface area contributed by atoms with Gasteiger partial charge >= 0.3 is 0 Å². The summed E-state index contributed by atoms with van der Waals surface area (Å²) in [5.41, 5.74) is 0.879. The molecule has 18 heavy (non-hydrogen) atoms. The van der Waals surface area contributed by atoms with Gasteiger partial charge in [0.05, 0.1) is 23.0 Å². The fraction of sp³-hybridized carbons (Fsp3) is 0.750. The summed E-state index contributed by atoms with van der Waals surface area (Å²) in [4.78, 5) is 4.37. The van der Waals surface area contributed by atoms with E-state index in [-0.39, 0.29) is 11.8 Å². The number of hydrogen-bond acceptors (Lipinski definition) is 4. The number of unbranched alkanes of at least 4 members (excludes halogenated alkanes) is 1. The number of aryl methyl sites for hydroxylation is 1. The first-order chi connectivity index (χ1) is 8.53. The molecule has 1 fully saturated rings. The molecule has 1 aromatic rings. The summed E-state index contributed by atoms with van der Waals surface area (Å²) in [7, 11) is -3.11. The highest BCUT2D eigenvalue weighted by atomic mass is 32.2. The summed E-state index contributed by atoms with van der Waals surface area (Å²) >= 11 is 1.57. The highest BCUT2D eigenvalue weighted by molar-refractivity contribution is 7.89. The van der Waals surface area contributed by atoms with Crippen molar-refractivity contribution in [3.8, 4) is 0 Å². The lowest BCUT2D eigenvalue weighted by Crippen LogP contribution is -2.34. The van der Waals surface area contributed by atoms with Crippen LogP contribution in [0.1, 0.15) is 43.3 Å². The van der Waals surface area contributed by atoms with Crippen LogP contribution in [0.3, 0.4) is 0 Å². The van der Waals surface area contributed by atoms with E-state index in [0.29, 0.717) is 6.54 Å². The van der Waals surface area contributed by atoms with Crippen molar-refractivity contribution in [3.63, 3.8) is 0 Å². The summed E-state index contributed by atoms with van der Waals surface area (Å²) in [5.74, 6) is 0.267. The highest BCUT2D eigenvalue weighted by Crippen LogP contribution is 2.31. The van der Waals surface area contributed by atoms with Crippen LogP contribution in [0.5, 0.6) is 0 Å². The smallest absolute Gasteiger partial charge is 0.214 e. The van der Waals surface area contributed by atoms with Gasteiger partial charge in [-0.2, -0.15) is 4.31 Å². The van der Waals surface area contributed by atoms with Gasteiger partial charge in [0.25, 0.3) is 0 Å². The average Bonchev–Trinajstić information content (AvgIpc) is 3.07. The van der Waals surface area contributed by atoms with Crippen LogP contribution in [0.2, 0.25) is 0 Å². The van der Waals surface area contributed by atoms with Crippen LogP contribution < -0.4 is 0 Å². The van der Waals surface area contributed by atoms with Gasteiger partial charge in [-0.25, -0.2) is 13.4 Å². The van der Waals surface area contributed by atoms with E-state index in [1.165, 1.54) is 0 Å². The van der Waals surface area contributed by atoms with Crippen molar-refractivity contribution >= 4 is 21.4 Å². The number of rotatable bonds is 7. The molecular formula is C12H20N2O2S2. The molecule has 2 rings (SSSR count). The quantitative estimate of drug-likeness (QED) is 0.774. The molecule has 6 heteroatoms. The Labute approximate surface area is 113 Å². The van der Waals surface area contributed by atoms with Crippen LogP contribution >= 0.6 is 11.3 Å². The van der Waals surface area contributed by atoms with Crippen LogP contribution in [-0.2, 0) is 16.6 Å². The van der Waals surface area contributed by atoms with Gasteiger partial charge in [-0.3, -0.25) is 0 Å². The molecule has 0 bridgehead atoms. The van der Waals surface area contributed by atoms with Crippen molar-refractivity contribution in [2.45, 2.75) is 52.1 Å². The minimum Gasteiger partial charge on any atom is -0.245 e. The largest absolute Gasteiger partial charge is 0.245 e. The third kappa shape index (κ3) is 3.52. The Morgan fingerprint density at radius 3 is 2.72 bits per heavy atom. The van der Waals surface area contributed by atoms with Gasteiger partial charge < -0.3 is 0 Å². The minimum absolute atomic E-state index is 0.217. The monoisotopic (exact) mass is 288 g/mol. The maximum atomic E-state index is 12.3. The topological polar surface area (TPSA) is 50.3 Å². The van der Waals surface area contributed by atoms with Gasteiger partial charge in [-0.05, 0) is 26.2 Å². The molecule has 0 spiro atoms. The Kier molecular flexibility index (Phi) is 4.40.